The van der Waals surface area contributed by atoms with Gasteiger partial charge in [-0.1, -0.05) is 128 Å². The predicted molar refractivity (Wildman–Crippen MR) is 249 cm³/mol. The van der Waals surface area contributed by atoms with Crippen molar-refractivity contribution in [1.82, 2.24) is 0 Å². The number of hydrogen-bond donors (Lipinski definition) is 1. The fraction of sp³-hybridized carbons (Fsp3) is 0.640. The van der Waals surface area contributed by atoms with Gasteiger partial charge in [-0.05, 0) is 85.2 Å². The number of rotatable bonds is 23. The van der Waals surface area contributed by atoms with Crippen LogP contribution in [0.1, 0.15) is 110 Å². The minimum Gasteiger partial charge on any atom is -0.497 e. The first-order valence-corrected chi connectivity index (χ1v) is 28.2. The Morgan fingerprint density at radius 3 is 1.93 bits per heavy atom. The molecular weight excluding hydrogens is 785 g/mol. The van der Waals surface area contributed by atoms with Crippen molar-refractivity contribution in [2.75, 3.05) is 20.3 Å². The Morgan fingerprint density at radius 2 is 1.33 bits per heavy atom. The minimum atomic E-state index is -2.25. The highest BCUT2D eigenvalue weighted by atomic mass is 28.4. The van der Waals surface area contributed by atoms with Gasteiger partial charge >= 0.3 is 0 Å². The Labute approximate surface area is 366 Å². The zero-order valence-corrected chi connectivity index (χ0v) is 41.4. The van der Waals surface area contributed by atoms with Crippen LogP contribution in [-0.2, 0) is 41.0 Å². The summed E-state index contributed by atoms with van der Waals surface area (Å²) in [6.45, 7) is 29.4. The summed E-state index contributed by atoms with van der Waals surface area (Å²) < 4.78 is 45.7. The molecule has 1 unspecified atom stereocenters. The van der Waals surface area contributed by atoms with Crippen molar-refractivity contribution >= 4 is 16.6 Å². The van der Waals surface area contributed by atoms with Gasteiger partial charge in [-0.25, -0.2) is 0 Å². The average molecular weight is 865 g/mol. The first-order valence-electron chi connectivity index (χ1n) is 22.4. The first kappa shape index (κ1) is 50.3. The molecule has 336 valence electrons. The molecule has 1 aliphatic heterocycles. The van der Waals surface area contributed by atoms with E-state index in [0.717, 1.165) is 36.1 Å². The van der Waals surface area contributed by atoms with E-state index in [1.807, 2.05) is 60.7 Å². The Kier molecular flexibility index (Phi) is 19.1. The van der Waals surface area contributed by atoms with Crippen LogP contribution in [0.3, 0.4) is 0 Å². The van der Waals surface area contributed by atoms with Gasteiger partial charge < -0.3 is 37.6 Å². The van der Waals surface area contributed by atoms with Gasteiger partial charge in [0.15, 0.2) is 22.9 Å². The van der Waals surface area contributed by atoms with Gasteiger partial charge in [0, 0.05) is 43.1 Å². The smallest absolute Gasteiger partial charge is 0.192 e. The SMILES string of the molecule is COc1ccc(CO[C@H]([C@H](C)CO[Si](C)(C)C(C)(C)C)[C@H](C)C(O)C[C@@H](C[C@@H]2C[C@H](CCCOCc3ccccc3)O[C@H](c3ccccc3)O2)O[Si](C)(C)C(C)(C)C)cc1. The van der Waals surface area contributed by atoms with E-state index in [2.05, 4.69) is 106 Å². The van der Waals surface area contributed by atoms with Crippen molar-refractivity contribution in [1.29, 1.82) is 0 Å². The van der Waals surface area contributed by atoms with Crippen LogP contribution in [0.15, 0.2) is 84.9 Å². The molecule has 0 radical (unpaired) electrons. The van der Waals surface area contributed by atoms with E-state index in [4.69, 9.17) is 32.5 Å². The Morgan fingerprint density at radius 1 is 0.750 bits per heavy atom. The van der Waals surface area contributed by atoms with Crippen LogP contribution in [0.25, 0.3) is 0 Å². The molecular formula is C50H80O8Si2. The quantitative estimate of drug-likeness (QED) is 0.0745. The van der Waals surface area contributed by atoms with Crippen LogP contribution in [-0.4, -0.2) is 72.6 Å². The van der Waals surface area contributed by atoms with Gasteiger partial charge in [-0.15, -0.1) is 0 Å². The fourth-order valence-electron chi connectivity index (χ4n) is 7.25. The van der Waals surface area contributed by atoms with Crippen molar-refractivity contribution in [3.63, 3.8) is 0 Å². The van der Waals surface area contributed by atoms with Crippen LogP contribution >= 0.6 is 0 Å². The summed E-state index contributed by atoms with van der Waals surface area (Å²) in [5.41, 5.74) is 3.24. The summed E-state index contributed by atoms with van der Waals surface area (Å²) in [4.78, 5) is 0. The van der Waals surface area contributed by atoms with Gasteiger partial charge in [0.25, 0.3) is 0 Å². The molecule has 1 saturated heterocycles. The van der Waals surface area contributed by atoms with E-state index >= 15 is 0 Å². The Balaban J connectivity index is 1.53. The summed E-state index contributed by atoms with van der Waals surface area (Å²) in [5, 5.41) is 12.4. The third kappa shape index (κ3) is 15.5. The highest BCUT2D eigenvalue weighted by molar-refractivity contribution is 6.74. The molecule has 1 fully saturated rings. The second kappa shape index (κ2) is 22.8. The molecule has 1 aliphatic rings. The van der Waals surface area contributed by atoms with Gasteiger partial charge in [-0.2, -0.15) is 0 Å². The van der Waals surface area contributed by atoms with Crippen molar-refractivity contribution in [3.8, 4) is 5.75 Å². The van der Waals surface area contributed by atoms with E-state index in [1.165, 1.54) is 5.56 Å². The second-order valence-corrected chi connectivity index (χ2v) is 29.8. The van der Waals surface area contributed by atoms with Crippen molar-refractivity contribution in [3.05, 3.63) is 102 Å². The predicted octanol–water partition coefficient (Wildman–Crippen LogP) is 12.3. The zero-order chi connectivity index (χ0) is 44.1. The zero-order valence-electron chi connectivity index (χ0n) is 39.4. The lowest BCUT2D eigenvalue weighted by Crippen LogP contribution is -2.48. The van der Waals surface area contributed by atoms with E-state index in [9.17, 15) is 5.11 Å². The number of aliphatic hydroxyl groups excluding tert-OH is 1. The maximum absolute atomic E-state index is 12.3. The molecule has 0 saturated carbocycles. The lowest BCUT2D eigenvalue weighted by Gasteiger charge is -2.43. The van der Waals surface area contributed by atoms with E-state index < -0.39 is 29.0 Å². The lowest BCUT2D eigenvalue weighted by atomic mass is 9.86. The molecule has 60 heavy (non-hydrogen) atoms. The summed E-state index contributed by atoms with van der Waals surface area (Å²) in [6.07, 6.45) is 1.89. The van der Waals surface area contributed by atoms with E-state index in [-0.39, 0.29) is 46.3 Å². The number of benzene rings is 3. The first-order chi connectivity index (χ1) is 28.2. The van der Waals surface area contributed by atoms with Crippen molar-refractivity contribution in [2.45, 2.75) is 174 Å². The molecule has 0 amide bonds. The number of methoxy groups -OCH3 is 1. The molecule has 8 atom stereocenters. The van der Waals surface area contributed by atoms with Crippen LogP contribution < -0.4 is 4.74 Å². The third-order valence-corrected chi connectivity index (χ3v) is 22.3. The molecule has 4 rings (SSSR count). The summed E-state index contributed by atoms with van der Waals surface area (Å²) >= 11 is 0. The fourth-order valence-corrected chi connectivity index (χ4v) is 9.74. The Bertz CT molecular complexity index is 1640. The summed E-state index contributed by atoms with van der Waals surface area (Å²) in [5.74, 6) is 0.665. The molecule has 1 heterocycles. The molecule has 0 aromatic heterocycles. The molecule has 0 spiro atoms. The third-order valence-electron chi connectivity index (χ3n) is 13.3. The van der Waals surface area contributed by atoms with Crippen LogP contribution in [0.2, 0.25) is 36.3 Å². The second-order valence-electron chi connectivity index (χ2n) is 20.2. The van der Waals surface area contributed by atoms with Gasteiger partial charge in [-0.3, -0.25) is 0 Å². The molecule has 0 bridgehead atoms. The van der Waals surface area contributed by atoms with Crippen molar-refractivity contribution in [2.24, 2.45) is 11.8 Å². The topological polar surface area (TPSA) is 84.8 Å². The monoisotopic (exact) mass is 865 g/mol. The normalized spacial score (nSPS) is 20.6. The highest BCUT2D eigenvalue weighted by Gasteiger charge is 2.43. The molecule has 0 aliphatic carbocycles. The lowest BCUT2D eigenvalue weighted by molar-refractivity contribution is -0.253. The van der Waals surface area contributed by atoms with Gasteiger partial charge in [0.1, 0.15) is 5.75 Å². The molecule has 10 heteroatoms. The number of hydrogen-bond acceptors (Lipinski definition) is 8. The number of aliphatic hydroxyl groups is 1. The highest BCUT2D eigenvalue weighted by Crippen LogP contribution is 2.41. The largest absolute Gasteiger partial charge is 0.497 e. The summed E-state index contributed by atoms with van der Waals surface area (Å²) in [7, 11) is -2.58. The number of ether oxygens (including phenoxy) is 5. The molecule has 8 nitrogen and oxygen atoms in total. The maximum atomic E-state index is 12.3. The van der Waals surface area contributed by atoms with Crippen molar-refractivity contribution < 1.29 is 37.6 Å². The molecule has 1 N–H and O–H groups in total. The molecule has 3 aromatic carbocycles. The summed E-state index contributed by atoms with van der Waals surface area (Å²) in [6, 6.07) is 28.5. The van der Waals surface area contributed by atoms with Gasteiger partial charge in [0.2, 0.25) is 0 Å². The average Bonchev–Trinajstić information content (AvgIpc) is 3.19. The van der Waals surface area contributed by atoms with Crippen LogP contribution in [0, 0.1) is 11.8 Å². The Hall–Kier alpha value is -2.39. The maximum Gasteiger partial charge on any atom is 0.192 e. The molecule has 3 aromatic rings. The standard InChI is InChI=1S/C50H80O8Si2/c1-37(34-55-59(10,11)49(3,4)5)47(54-36-40-26-28-42(52-9)29-27-40)38(2)46(51)33-45(58-60(12,13)50(6,7)8)32-44-31-43(56-48(57-44)41-23-18-15-19-24-41)25-20-30-53-35-39-21-16-14-17-22-39/h14-19,21-24,26-29,37-38,43-48,51H,20,25,30-36H2,1-13H3/t37-,38-,43+,44+,45-,46?,47-,48+/m1/s1. The van der Waals surface area contributed by atoms with E-state index in [1.54, 1.807) is 7.11 Å². The van der Waals surface area contributed by atoms with Crippen LogP contribution in [0.5, 0.6) is 5.75 Å². The van der Waals surface area contributed by atoms with Gasteiger partial charge in [0.05, 0.1) is 44.7 Å². The van der Waals surface area contributed by atoms with E-state index in [0.29, 0.717) is 39.3 Å². The van der Waals surface area contributed by atoms with Crippen LogP contribution in [0.4, 0.5) is 0 Å². The minimum absolute atomic E-state index is 0.00383.